The van der Waals surface area contributed by atoms with Crippen LogP contribution < -0.4 is 0 Å². The van der Waals surface area contributed by atoms with Crippen molar-refractivity contribution in [1.29, 1.82) is 0 Å². The van der Waals surface area contributed by atoms with Gasteiger partial charge in [0.05, 0.1) is 15.8 Å². The number of hydrogen-bond acceptors (Lipinski definition) is 3. The Morgan fingerprint density at radius 3 is 2.75 bits per heavy atom. The number of pyridine rings is 1. The molecule has 0 fully saturated rings. The lowest BCUT2D eigenvalue weighted by Crippen LogP contribution is -2.07. The number of fused-ring (bicyclic) bond motifs is 1. The zero-order chi connectivity index (χ0) is 14.7. The molecule has 0 aliphatic heterocycles. The zero-order valence-electron chi connectivity index (χ0n) is 11.5. The summed E-state index contributed by atoms with van der Waals surface area (Å²) in [6.07, 6.45) is 3.57. The largest absolute Gasteiger partial charge is 0.278 e. The molecular weight excluding hydrogens is 320 g/mol. The second-order valence-electron chi connectivity index (χ2n) is 5.33. The third kappa shape index (κ3) is 3.33. The number of nitro groups is 1. The van der Waals surface area contributed by atoms with E-state index in [0.717, 1.165) is 23.9 Å². The number of alkyl halides is 1. The lowest BCUT2D eigenvalue weighted by atomic mass is 9.99. The first-order valence-corrected chi connectivity index (χ1v) is 7.55. The molecule has 0 saturated heterocycles. The average molecular weight is 337 g/mol. The molecule has 0 N–H and O–H groups in total. The number of rotatable bonds is 5. The maximum atomic E-state index is 11.1. The Bertz CT molecular complexity index is 628. The summed E-state index contributed by atoms with van der Waals surface area (Å²) in [6, 6.07) is 6.89. The molecule has 2 rings (SSSR count). The minimum atomic E-state index is -0.354. The van der Waals surface area contributed by atoms with Crippen LogP contribution in [0.4, 0.5) is 5.69 Å². The standard InChI is InChI=1S/C15H17BrN2O2/c1-10(2)8-12(16)9-11-5-6-14(18(19)20)13-4-3-7-17-15(11)13/h3-7,10,12H,8-9H2,1-2H3. The molecule has 1 unspecified atom stereocenters. The van der Waals surface area contributed by atoms with E-state index in [0.29, 0.717) is 16.1 Å². The average Bonchev–Trinajstić information content (AvgIpc) is 2.37. The van der Waals surface area contributed by atoms with Gasteiger partial charge in [0.1, 0.15) is 0 Å². The highest BCUT2D eigenvalue weighted by Crippen LogP contribution is 2.29. The molecule has 0 radical (unpaired) electrons. The summed E-state index contributed by atoms with van der Waals surface area (Å²) in [4.78, 5) is 15.4. The van der Waals surface area contributed by atoms with Crippen LogP contribution in [0.3, 0.4) is 0 Å². The maximum Gasteiger partial charge on any atom is 0.278 e. The second-order valence-corrected chi connectivity index (χ2v) is 6.63. The monoisotopic (exact) mass is 336 g/mol. The number of nitrogens with zero attached hydrogens (tertiary/aromatic N) is 2. The Hall–Kier alpha value is -1.49. The number of hydrogen-bond donors (Lipinski definition) is 0. The topological polar surface area (TPSA) is 56.0 Å². The first kappa shape index (κ1) is 14.9. The third-order valence-corrected chi connectivity index (χ3v) is 3.89. The van der Waals surface area contributed by atoms with Crippen LogP contribution in [-0.4, -0.2) is 14.7 Å². The van der Waals surface area contributed by atoms with Gasteiger partial charge in [0.25, 0.3) is 5.69 Å². The lowest BCUT2D eigenvalue weighted by Gasteiger charge is -2.13. The quantitative estimate of drug-likeness (QED) is 0.459. The highest BCUT2D eigenvalue weighted by molar-refractivity contribution is 9.09. The molecule has 1 heterocycles. The fraction of sp³-hybridized carbons (Fsp3) is 0.400. The van der Waals surface area contributed by atoms with E-state index in [1.807, 2.05) is 6.07 Å². The van der Waals surface area contributed by atoms with E-state index in [2.05, 4.69) is 34.8 Å². The van der Waals surface area contributed by atoms with Gasteiger partial charge in [-0.05, 0) is 42.5 Å². The molecule has 0 aliphatic rings. The van der Waals surface area contributed by atoms with Crippen molar-refractivity contribution in [2.75, 3.05) is 0 Å². The van der Waals surface area contributed by atoms with E-state index in [-0.39, 0.29) is 10.6 Å². The van der Waals surface area contributed by atoms with Crippen molar-refractivity contribution in [2.24, 2.45) is 5.92 Å². The minimum absolute atomic E-state index is 0.117. The van der Waals surface area contributed by atoms with Crippen LogP contribution in [0.15, 0.2) is 30.5 Å². The van der Waals surface area contributed by atoms with Crippen LogP contribution in [-0.2, 0) is 6.42 Å². The van der Waals surface area contributed by atoms with Crippen LogP contribution in [0.1, 0.15) is 25.8 Å². The fourth-order valence-electron chi connectivity index (χ4n) is 2.37. The summed E-state index contributed by atoms with van der Waals surface area (Å²) >= 11 is 3.69. The fourth-order valence-corrected chi connectivity index (χ4v) is 3.47. The first-order valence-electron chi connectivity index (χ1n) is 6.64. The number of non-ortho nitro benzene ring substituents is 1. The summed E-state index contributed by atoms with van der Waals surface area (Å²) in [7, 11) is 0. The smallest absolute Gasteiger partial charge is 0.258 e. The molecule has 4 nitrogen and oxygen atoms in total. The SMILES string of the molecule is CC(C)CC(Br)Cc1ccc([N+](=O)[O-])c2cccnc12. The highest BCUT2D eigenvalue weighted by Gasteiger charge is 2.17. The Morgan fingerprint density at radius 2 is 2.10 bits per heavy atom. The summed E-state index contributed by atoms with van der Waals surface area (Å²) in [6.45, 7) is 4.36. The predicted molar refractivity (Wildman–Crippen MR) is 84.3 cm³/mol. The van der Waals surface area contributed by atoms with Gasteiger partial charge in [-0.3, -0.25) is 15.1 Å². The van der Waals surface area contributed by atoms with E-state index in [4.69, 9.17) is 0 Å². The Morgan fingerprint density at radius 1 is 1.35 bits per heavy atom. The summed E-state index contributed by atoms with van der Waals surface area (Å²) in [5, 5.41) is 11.7. The van der Waals surface area contributed by atoms with Gasteiger partial charge in [0, 0.05) is 17.1 Å². The molecular formula is C15H17BrN2O2. The highest BCUT2D eigenvalue weighted by atomic mass is 79.9. The van der Waals surface area contributed by atoms with Crippen molar-refractivity contribution in [3.05, 3.63) is 46.1 Å². The van der Waals surface area contributed by atoms with Gasteiger partial charge >= 0.3 is 0 Å². The van der Waals surface area contributed by atoms with Crippen LogP contribution in [0, 0.1) is 16.0 Å². The van der Waals surface area contributed by atoms with Crippen LogP contribution in [0.25, 0.3) is 10.9 Å². The molecule has 5 heteroatoms. The van der Waals surface area contributed by atoms with Gasteiger partial charge in [-0.1, -0.05) is 29.8 Å². The minimum Gasteiger partial charge on any atom is -0.258 e. The molecule has 1 atom stereocenters. The van der Waals surface area contributed by atoms with Gasteiger partial charge in [-0.2, -0.15) is 0 Å². The van der Waals surface area contributed by atoms with Crippen molar-refractivity contribution < 1.29 is 4.92 Å². The first-order chi connectivity index (χ1) is 9.49. The van der Waals surface area contributed by atoms with E-state index >= 15 is 0 Å². The number of benzene rings is 1. The van der Waals surface area contributed by atoms with E-state index in [1.54, 1.807) is 24.4 Å². The number of halogens is 1. The van der Waals surface area contributed by atoms with Gasteiger partial charge in [-0.25, -0.2) is 0 Å². The lowest BCUT2D eigenvalue weighted by molar-refractivity contribution is -0.383. The molecule has 0 amide bonds. The molecule has 0 aliphatic carbocycles. The van der Waals surface area contributed by atoms with Gasteiger partial charge in [-0.15, -0.1) is 0 Å². The molecule has 0 spiro atoms. The van der Waals surface area contributed by atoms with Crippen molar-refractivity contribution in [3.63, 3.8) is 0 Å². The molecule has 106 valence electrons. The second kappa shape index (κ2) is 6.31. The van der Waals surface area contributed by atoms with E-state index in [9.17, 15) is 10.1 Å². The molecule has 20 heavy (non-hydrogen) atoms. The molecule has 0 bridgehead atoms. The molecule has 1 aromatic heterocycles. The number of nitro benzene ring substituents is 1. The Kier molecular flexibility index (Phi) is 4.70. The van der Waals surface area contributed by atoms with Crippen molar-refractivity contribution in [3.8, 4) is 0 Å². The maximum absolute atomic E-state index is 11.1. The van der Waals surface area contributed by atoms with Crippen molar-refractivity contribution >= 4 is 32.5 Å². The van der Waals surface area contributed by atoms with Gasteiger partial charge < -0.3 is 0 Å². The van der Waals surface area contributed by atoms with Gasteiger partial charge in [0.15, 0.2) is 0 Å². The zero-order valence-corrected chi connectivity index (χ0v) is 13.1. The van der Waals surface area contributed by atoms with Gasteiger partial charge in [0.2, 0.25) is 0 Å². The number of aromatic nitrogens is 1. The van der Waals surface area contributed by atoms with E-state index in [1.165, 1.54) is 0 Å². The summed E-state index contributed by atoms with van der Waals surface area (Å²) in [5.74, 6) is 0.608. The van der Waals surface area contributed by atoms with Crippen LogP contribution in [0.2, 0.25) is 0 Å². The van der Waals surface area contributed by atoms with Crippen molar-refractivity contribution in [1.82, 2.24) is 4.98 Å². The Labute approximate surface area is 126 Å². The summed E-state index contributed by atoms with van der Waals surface area (Å²) < 4.78 is 0. The van der Waals surface area contributed by atoms with Crippen LogP contribution >= 0.6 is 15.9 Å². The Balaban J connectivity index is 2.40. The molecule has 2 aromatic rings. The van der Waals surface area contributed by atoms with Crippen LogP contribution in [0.5, 0.6) is 0 Å². The third-order valence-electron chi connectivity index (χ3n) is 3.20. The molecule has 0 saturated carbocycles. The van der Waals surface area contributed by atoms with E-state index < -0.39 is 0 Å². The van der Waals surface area contributed by atoms with Crippen molar-refractivity contribution in [2.45, 2.75) is 31.5 Å². The normalized spacial score (nSPS) is 12.8. The predicted octanol–water partition coefficient (Wildman–Crippen LogP) is 4.50. The molecule has 1 aromatic carbocycles. The summed E-state index contributed by atoms with van der Waals surface area (Å²) in [5.41, 5.74) is 1.90.